The molecule has 0 amide bonds. The molecule has 1 aliphatic rings. The van der Waals surface area contributed by atoms with Gasteiger partial charge in [-0.1, -0.05) is 23.8 Å². The molecule has 2 rings (SSSR count). The minimum Gasteiger partial charge on any atom is -0.244 e. The van der Waals surface area contributed by atoms with Crippen molar-refractivity contribution in [3.63, 3.8) is 0 Å². The number of nitrogens with zero attached hydrogens (tertiary/aromatic N) is 1. The first-order valence-electron chi connectivity index (χ1n) is 4.20. The van der Waals surface area contributed by atoms with Crippen molar-refractivity contribution in [2.24, 2.45) is 0 Å². The van der Waals surface area contributed by atoms with Crippen LogP contribution in [0, 0.1) is 6.92 Å². The zero-order chi connectivity index (χ0) is 9.42. The topological polar surface area (TPSA) is 12.9 Å². The third-order valence-electron chi connectivity index (χ3n) is 2.28. The molecule has 66 valence electrons. The van der Waals surface area contributed by atoms with Crippen LogP contribution in [0.25, 0.3) is 5.57 Å². The number of pyridine rings is 1. The molecule has 0 aliphatic heterocycles. The molecule has 1 aromatic rings. The first-order chi connectivity index (χ1) is 6.18. The zero-order valence-corrected chi connectivity index (χ0v) is 8.39. The number of hydrogen-bond donors (Lipinski definition) is 0. The monoisotopic (exact) mass is 191 g/mol. The van der Waals surface area contributed by atoms with Gasteiger partial charge in [-0.05, 0) is 42.2 Å². The molecule has 0 radical (unpaired) electrons. The van der Waals surface area contributed by atoms with E-state index in [9.17, 15) is 0 Å². The second-order valence-corrected chi connectivity index (χ2v) is 3.64. The molecule has 1 heterocycles. The molecule has 0 saturated heterocycles. The van der Waals surface area contributed by atoms with Crippen LogP contribution >= 0.6 is 11.6 Å². The van der Waals surface area contributed by atoms with Crippen molar-refractivity contribution in [1.29, 1.82) is 0 Å². The highest BCUT2D eigenvalue weighted by atomic mass is 35.5. The predicted octanol–water partition coefficient (Wildman–Crippen LogP) is 3.39. The summed E-state index contributed by atoms with van der Waals surface area (Å²) < 4.78 is 0. The van der Waals surface area contributed by atoms with Crippen molar-refractivity contribution in [1.82, 2.24) is 4.98 Å². The molecule has 0 N–H and O–H groups in total. The Morgan fingerprint density at radius 3 is 2.54 bits per heavy atom. The number of hydrogen-bond acceptors (Lipinski definition) is 1. The largest absolute Gasteiger partial charge is 0.244 e. The van der Waals surface area contributed by atoms with Crippen LogP contribution < -0.4 is 0 Å². The Bertz CT molecular complexity index is 416. The molecule has 0 spiro atoms. The Hall–Kier alpha value is -1.08. The second-order valence-electron chi connectivity index (χ2n) is 3.25. The van der Waals surface area contributed by atoms with E-state index >= 15 is 0 Å². The van der Waals surface area contributed by atoms with Gasteiger partial charge in [-0.2, -0.15) is 0 Å². The van der Waals surface area contributed by atoms with Crippen molar-refractivity contribution in [3.8, 4) is 0 Å². The number of aryl methyl sites for hydroxylation is 1. The fourth-order valence-corrected chi connectivity index (χ4v) is 1.58. The van der Waals surface area contributed by atoms with Gasteiger partial charge in [0.2, 0.25) is 0 Å². The maximum absolute atomic E-state index is 5.83. The average Bonchev–Trinajstić information content (AvgIpc) is 2.09. The van der Waals surface area contributed by atoms with Crippen molar-refractivity contribution < 1.29 is 0 Å². The van der Waals surface area contributed by atoms with Crippen LogP contribution in [0.3, 0.4) is 0 Å². The molecule has 1 aliphatic carbocycles. The van der Waals surface area contributed by atoms with Gasteiger partial charge in [0.1, 0.15) is 5.15 Å². The summed E-state index contributed by atoms with van der Waals surface area (Å²) in [6.45, 7) is 4.15. The Morgan fingerprint density at radius 2 is 2.00 bits per heavy atom. The lowest BCUT2D eigenvalue weighted by atomic mass is 9.91. The van der Waals surface area contributed by atoms with E-state index in [2.05, 4.69) is 24.1 Å². The van der Waals surface area contributed by atoms with E-state index in [1.807, 2.05) is 19.2 Å². The van der Waals surface area contributed by atoms with Gasteiger partial charge in [-0.3, -0.25) is 0 Å². The standard InChI is InChI=1S/C11H10ClN/c1-7-3-4-9(7)10-5-11(12)13-6-8(10)2/h3-6H,1-2H3. The Morgan fingerprint density at radius 1 is 1.23 bits per heavy atom. The Labute approximate surface area is 82.8 Å². The van der Waals surface area contributed by atoms with Crippen LogP contribution in [0.15, 0.2) is 30.0 Å². The number of halogens is 1. The molecular weight excluding hydrogens is 182 g/mol. The van der Waals surface area contributed by atoms with Gasteiger partial charge in [0.25, 0.3) is 0 Å². The van der Waals surface area contributed by atoms with Crippen LogP contribution in [-0.2, 0) is 0 Å². The molecule has 0 aromatic carbocycles. The van der Waals surface area contributed by atoms with Crippen molar-refractivity contribution in [2.45, 2.75) is 13.8 Å². The molecule has 13 heavy (non-hydrogen) atoms. The van der Waals surface area contributed by atoms with Crippen LogP contribution in [0.4, 0.5) is 0 Å². The van der Waals surface area contributed by atoms with Crippen LogP contribution in [0.1, 0.15) is 18.1 Å². The van der Waals surface area contributed by atoms with Crippen molar-refractivity contribution in [2.75, 3.05) is 0 Å². The van der Waals surface area contributed by atoms with E-state index in [1.54, 1.807) is 0 Å². The van der Waals surface area contributed by atoms with E-state index in [-0.39, 0.29) is 0 Å². The Balaban J connectivity index is 2.51. The van der Waals surface area contributed by atoms with Gasteiger partial charge in [-0.15, -0.1) is 0 Å². The minimum atomic E-state index is 0.557. The summed E-state index contributed by atoms with van der Waals surface area (Å²) in [5.41, 5.74) is 4.95. The first kappa shape index (κ1) is 8.52. The second kappa shape index (κ2) is 3.00. The fourth-order valence-electron chi connectivity index (χ4n) is 1.42. The molecular formula is C11H10ClN. The average molecular weight is 192 g/mol. The highest BCUT2D eigenvalue weighted by Gasteiger charge is 2.10. The van der Waals surface area contributed by atoms with Crippen LogP contribution in [0.2, 0.25) is 5.15 Å². The molecule has 0 fully saturated rings. The van der Waals surface area contributed by atoms with Crippen molar-refractivity contribution >= 4 is 17.2 Å². The quantitative estimate of drug-likeness (QED) is 0.621. The molecule has 1 aromatic heterocycles. The summed E-state index contributed by atoms with van der Waals surface area (Å²) in [5.74, 6) is 0. The predicted molar refractivity (Wildman–Crippen MR) is 55.7 cm³/mol. The fraction of sp³-hybridized carbons (Fsp3) is 0.182. The van der Waals surface area contributed by atoms with Crippen LogP contribution in [-0.4, -0.2) is 4.98 Å². The van der Waals surface area contributed by atoms with E-state index in [0.29, 0.717) is 5.15 Å². The first-order valence-corrected chi connectivity index (χ1v) is 4.58. The number of rotatable bonds is 1. The van der Waals surface area contributed by atoms with Crippen molar-refractivity contribution in [3.05, 3.63) is 46.3 Å². The molecule has 0 unspecified atom stereocenters. The molecule has 1 nitrogen and oxygen atoms in total. The summed E-state index contributed by atoms with van der Waals surface area (Å²) >= 11 is 5.83. The minimum absolute atomic E-state index is 0.557. The summed E-state index contributed by atoms with van der Waals surface area (Å²) in [4.78, 5) is 4.02. The highest BCUT2D eigenvalue weighted by molar-refractivity contribution is 6.29. The molecule has 0 saturated carbocycles. The van der Waals surface area contributed by atoms with E-state index < -0.39 is 0 Å². The van der Waals surface area contributed by atoms with E-state index in [1.165, 1.54) is 22.3 Å². The Kier molecular flexibility index (Phi) is 1.97. The molecule has 2 heteroatoms. The van der Waals surface area contributed by atoms with Gasteiger partial charge in [-0.25, -0.2) is 4.98 Å². The van der Waals surface area contributed by atoms with Gasteiger partial charge in [0.05, 0.1) is 0 Å². The highest BCUT2D eigenvalue weighted by Crippen LogP contribution is 2.31. The number of allylic oxidation sites excluding steroid dienone is 4. The van der Waals surface area contributed by atoms with Gasteiger partial charge in [0, 0.05) is 6.20 Å². The SMILES string of the molecule is CC1=C(c2cc(Cl)ncc2C)C=C1. The van der Waals surface area contributed by atoms with Gasteiger partial charge < -0.3 is 0 Å². The molecule has 0 atom stereocenters. The smallest absolute Gasteiger partial charge is 0.129 e. The number of aromatic nitrogens is 1. The van der Waals surface area contributed by atoms with Gasteiger partial charge >= 0.3 is 0 Å². The lowest BCUT2D eigenvalue weighted by molar-refractivity contribution is 1.24. The van der Waals surface area contributed by atoms with Crippen LogP contribution in [0.5, 0.6) is 0 Å². The summed E-state index contributed by atoms with van der Waals surface area (Å²) in [5, 5.41) is 0.557. The summed E-state index contributed by atoms with van der Waals surface area (Å²) in [6.07, 6.45) is 6.02. The lowest BCUT2D eigenvalue weighted by Crippen LogP contribution is -1.96. The normalized spacial score (nSPS) is 14.7. The maximum Gasteiger partial charge on any atom is 0.129 e. The molecule has 0 bridgehead atoms. The third kappa shape index (κ3) is 1.40. The van der Waals surface area contributed by atoms with Gasteiger partial charge in [0.15, 0.2) is 0 Å². The lowest BCUT2D eigenvalue weighted by Gasteiger charge is -2.15. The van der Waals surface area contributed by atoms with E-state index in [0.717, 1.165) is 0 Å². The maximum atomic E-state index is 5.83. The summed E-state index contributed by atoms with van der Waals surface area (Å²) in [6, 6.07) is 1.92. The zero-order valence-electron chi connectivity index (χ0n) is 7.63. The third-order valence-corrected chi connectivity index (χ3v) is 2.49. The van der Waals surface area contributed by atoms with E-state index in [4.69, 9.17) is 11.6 Å². The summed E-state index contributed by atoms with van der Waals surface area (Å²) in [7, 11) is 0.